The number of nitrogens with one attached hydrogen (secondary N) is 1. The Kier molecular flexibility index (Phi) is 3.25. The van der Waals surface area contributed by atoms with Gasteiger partial charge in [0.25, 0.3) is 5.78 Å². The van der Waals surface area contributed by atoms with Crippen LogP contribution in [0, 0.1) is 6.92 Å². The number of benzene rings is 1. The summed E-state index contributed by atoms with van der Waals surface area (Å²) in [5.74, 6) is 2.41. The number of halogens is 1. The summed E-state index contributed by atoms with van der Waals surface area (Å²) in [6, 6.07) is 9.75. The minimum atomic E-state index is 0.581. The number of aromatic nitrogens is 4. The van der Waals surface area contributed by atoms with Crippen molar-refractivity contribution < 1.29 is 4.74 Å². The molecule has 0 radical (unpaired) electrons. The van der Waals surface area contributed by atoms with Crippen LogP contribution >= 0.6 is 15.9 Å². The van der Waals surface area contributed by atoms with Crippen molar-refractivity contribution in [3.8, 4) is 5.75 Å². The summed E-state index contributed by atoms with van der Waals surface area (Å²) in [4.78, 5) is 8.74. The van der Waals surface area contributed by atoms with Crippen LogP contribution in [0.25, 0.3) is 5.78 Å². The largest absolute Gasteiger partial charge is 0.493 e. The van der Waals surface area contributed by atoms with E-state index in [1.807, 2.05) is 41.8 Å². The van der Waals surface area contributed by atoms with E-state index >= 15 is 0 Å². The van der Waals surface area contributed by atoms with E-state index in [-0.39, 0.29) is 0 Å². The lowest BCUT2D eigenvalue weighted by Gasteiger charge is -2.03. The highest BCUT2D eigenvalue weighted by Crippen LogP contribution is 2.16. The molecule has 1 aromatic carbocycles. The normalized spacial score (nSPS) is 11.1. The molecule has 2 aromatic heterocycles. The number of imidazole rings is 1. The molecule has 0 saturated heterocycles. The Labute approximate surface area is 118 Å². The quantitative estimate of drug-likeness (QED) is 0.804. The third kappa shape index (κ3) is 2.49. The molecule has 0 bridgehead atoms. The van der Waals surface area contributed by atoms with E-state index in [1.165, 1.54) is 0 Å². The van der Waals surface area contributed by atoms with Gasteiger partial charge in [-0.1, -0.05) is 18.2 Å². The average Bonchev–Trinajstić information content (AvgIpc) is 2.92. The maximum Gasteiger partial charge on any atom is 0.251 e. The Morgan fingerprint density at radius 2 is 2.05 bits per heavy atom. The van der Waals surface area contributed by atoms with E-state index in [4.69, 9.17) is 4.74 Å². The van der Waals surface area contributed by atoms with Gasteiger partial charge in [0, 0.05) is 6.42 Å². The molecule has 2 heterocycles. The van der Waals surface area contributed by atoms with Gasteiger partial charge in [-0.15, -0.1) is 0 Å². The van der Waals surface area contributed by atoms with Crippen LogP contribution in [0.4, 0.5) is 0 Å². The Bertz CT molecular complexity index is 689. The van der Waals surface area contributed by atoms with Crippen molar-refractivity contribution in [2.24, 2.45) is 0 Å². The van der Waals surface area contributed by atoms with Gasteiger partial charge in [-0.2, -0.15) is 4.98 Å². The molecular formula is C13H13BrN4O. The molecule has 0 unspecified atom stereocenters. The van der Waals surface area contributed by atoms with Gasteiger partial charge in [-0.05, 0) is 35.0 Å². The first-order valence-corrected chi connectivity index (χ1v) is 6.80. The number of para-hydroxylation sites is 1. The smallest absolute Gasteiger partial charge is 0.251 e. The van der Waals surface area contributed by atoms with Gasteiger partial charge in [0.05, 0.1) is 12.3 Å². The van der Waals surface area contributed by atoms with Crippen molar-refractivity contribution in [2.45, 2.75) is 13.3 Å². The predicted octanol–water partition coefficient (Wildman–Crippen LogP) is 2.75. The van der Waals surface area contributed by atoms with Crippen molar-refractivity contribution in [1.82, 2.24) is 19.6 Å². The number of rotatable bonds is 4. The van der Waals surface area contributed by atoms with Crippen LogP contribution in [0.2, 0.25) is 0 Å². The van der Waals surface area contributed by atoms with Crippen LogP contribution in [0.15, 0.2) is 34.9 Å². The summed E-state index contributed by atoms with van der Waals surface area (Å²) < 4.78 is 8.37. The van der Waals surface area contributed by atoms with Crippen LogP contribution < -0.4 is 4.74 Å². The fourth-order valence-corrected chi connectivity index (χ4v) is 2.17. The molecule has 3 aromatic rings. The maximum atomic E-state index is 5.64. The number of hydrogen-bond acceptors (Lipinski definition) is 3. The molecule has 1 N–H and O–H groups in total. The fourth-order valence-electron chi connectivity index (χ4n) is 1.84. The fraction of sp³-hybridized carbons (Fsp3) is 0.231. The van der Waals surface area contributed by atoms with Gasteiger partial charge in [0.1, 0.15) is 16.2 Å². The summed E-state index contributed by atoms with van der Waals surface area (Å²) in [5, 5.41) is 3.19. The van der Waals surface area contributed by atoms with Crippen molar-refractivity contribution in [1.29, 1.82) is 0 Å². The number of hydrogen-bond donors (Lipinski definition) is 1. The highest BCUT2D eigenvalue weighted by Gasteiger charge is 2.10. The molecule has 98 valence electrons. The molecule has 6 heteroatoms. The van der Waals surface area contributed by atoms with E-state index in [1.54, 1.807) is 0 Å². The summed E-state index contributed by atoms with van der Waals surface area (Å²) >= 11 is 3.47. The minimum absolute atomic E-state index is 0.581. The molecule has 0 aliphatic carbocycles. The van der Waals surface area contributed by atoms with E-state index < -0.39 is 0 Å². The van der Waals surface area contributed by atoms with Crippen molar-refractivity contribution in [3.63, 3.8) is 0 Å². The SMILES string of the molecule is Cc1nc2nc(CCOc3ccccc3)[nH]n2c1Br. The van der Waals surface area contributed by atoms with Gasteiger partial charge >= 0.3 is 0 Å². The number of H-pyrrole nitrogens is 1. The molecule has 0 spiro atoms. The van der Waals surface area contributed by atoms with E-state index in [2.05, 4.69) is 31.0 Å². The number of fused-ring (bicyclic) bond motifs is 1. The Hall–Kier alpha value is -1.82. The van der Waals surface area contributed by atoms with E-state index in [0.717, 1.165) is 21.9 Å². The molecule has 0 aliphatic rings. The lowest BCUT2D eigenvalue weighted by atomic mass is 10.3. The molecular weight excluding hydrogens is 308 g/mol. The standard InChI is InChI=1S/C13H13BrN4O/c1-9-12(14)18-13(15-9)16-11(17-18)7-8-19-10-5-3-2-4-6-10/h2-6H,7-8H2,1H3,(H,15,16,17). The van der Waals surface area contributed by atoms with Gasteiger partial charge in [0.2, 0.25) is 0 Å². The second kappa shape index (κ2) is 5.05. The van der Waals surface area contributed by atoms with E-state index in [0.29, 0.717) is 18.8 Å². The lowest BCUT2D eigenvalue weighted by Crippen LogP contribution is -2.03. The minimum Gasteiger partial charge on any atom is -0.493 e. The summed E-state index contributed by atoms with van der Waals surface area (Å²) in [7, 11) is 0. The predicted molar refractivity (Wildman–Crippen MR) is 75.4 cm³/mol. The van der Waals surface area contributed by atoms with Crippen LogP contribution in [0.3, 0.4) is 0 Å². The van der Waals surface area contributed by atoms with Crippen LogP contribution in [0.5, 0.6) is 5.75 Å². The third-order valence-electron chi connectivity index (χ3n) is 2.79. The maximum absolute atomic E-state index is 5.64. The number of nitrogens with zero attached hydrogens (tertiary/aromatic N) is 3. The Balaban J connectivity index is 1.66. The number of aryl methyl sites for hydroxylation is 1. The summed E-state index contributed by atoms with van der Waals surface area (Å²) in [6.07, 6.45) is 0.712. The molecule has 19 heavy (non-hydrogen) atoms. The topological polar surface area (TPSA) is 55.2 Å². The molecule has 0 fully saturated rings. The summed E-state index contributed by atoms with van der Waals surface area (Å²) in [5.41, 5.74) is 0.922. The monoisotopic (exact) mass is 320 g/mol. The molecule has 0 saturated carbocycles. The highest BCUT2D eigenvalue weighted by molar-refractivity contribution is 9.10. The van der Waals surface area contributed by atoms with Crippen LogP contribution in [-0.2, 0) is 6.42 Å². The second-order valence-corrected chi connectivity index (χ2v) is 4.96. The third-order valence-corrected chi connectivity index (χ3v) is 3.72. The average molecular weight is 321 g/mol. The van der Waals surface area contributed by atoms with Crippen molar-refractivity contribution in [2.75, 3.05) is 6.61 Å². The Morgan fingerprint density at radius 3 is 2.79 bits per heavy atom. The Morgan fingerprint density at radius 1 is 1.26 bits per heavy atom. The van der Waals surface area contributed by atoms with Crippen molar-refractivity contribution in [3.05, 3.63) is 46.5 Å². The first-order valence-electron chi connectivity index (χ1n) is 6.01. The summed E-state index contributed by atoms with van der Waals surface area (Å²) in [6.45, 7) is 2.52. The van der Waals surface area contributed by atoms with Crippen molar-refractivity contribution >= 4 is 21.7 Å². The molecule has 0 atom stereocenters. The van der Waals surface area contributed by atoms with Gasteiger partial charge in [-0.3, -0.25) is 5.10 Å². The van der Waals surface area contributed by atoms with Gasteiger partial charge in [-0.25, -0.2) is 9.50 Å². The van der Waals surface area contributed by atoms with E-state index in [9.17, 15) is 0 Å². The zero-order valence-corrected chi connectivity index (χ0v) is 12.0. The zero-order valence-electron chi connectivity index (χ0n) is 10.4. The lowest BCUT2D eigenvalue weighted by molar-refractivity contribution is 0.319. The zero-order chi connectivity index (χ0) is 13.2. The number of ether oxygens (including phenoxy) is 1. The first kappa shape index (κ1) is 12.2. The van der Waals surface area contributed by atoms with Gasteiger partial charge < -0.3 is 4.74 Å². The molecule has 0 aliphatic heterocycles. The molecule has 0 amide bonds. The molecule has 3 rings (SSSR count). The van der Waals surface area contributed by atoms with Crippen LogP contribution in [-0.4, -0.2) is 26.2 Å². The number of aromatic amines is 1. The molecule has 5 nitrogen and oxygen atoms in total. The first-order chi connectivity index (χ1) is 9.24. The van der Waals surface area contributed by atoms with Crippen LogP contribution in [0.1, 0.15) is 11.5 Å². The highest BCUT2D eigenvalue weighted by atomic mass is 79.9. The second-order valence-electron chi connectivity index (χ2n) is 4.21. The van der Waals surface area contributed by atoms with Gasteiger partial charge in [0.15, 0.2) is 0 Å².